The molecule has 0 radical (unpaired) electrons. The first kappa shape index (κ1) is 22.4. The average Bonchev–Trinajstić information content (AvgIpc) is 3.09. The van der Waals surface area contributed by atoms with Crippen LogP contribution in [0.3, 0.4) is 0 Å². The van der Waals surface area contributed by atoms with E-state index in [0.717, 1.165) is 11.1 Å². The molecule has 7 nitrogen and oxygen atoms in total. The van der Waals surface area contributed by atoms with Crippen molar-refractivity contribution in [2.24, 2.45) is 0 Å². The lowest BCUT2D eigenvalue weighted by Gasteiger charge is -2.48. The SMILES string of the molecule is CC(C)(C)OC(=O)N1CC2CC(=O)CC(C1)N2C(=O)OCC1c2ccccc2-c2ccccc21. The summed E-state index contributed by atoms with van der Waals surface area (Å²) in [6.07, 6.45) is -0.391. The molecule has 2 bridgehead atoms. The van der Waals surface area contributed by atoms with Crippen LogP contribution in [0.5, 0.6) is 0 Å². The van der Waals surface area contributed by atoms with Gasteiger partial charge in [-0.25, -0.2) is 9.59 Å². The third-order valence-electron chi connectivity index (χ3n) is 6.77. The van der Waals surface area contributed by atoms with Gasteiger partial charge in [-0.2, -0.15) is 0 Å². The minimum Gasteiger partial charge on any atom is -0.448 e. The lowest BCUT2D eigenvalue weighted by Crippen LogP contribution is -2.65. The smallest absolute Gasteiger partial charge is 0.410 e. The highest BCUT2D eigenvalue weighted by atomic mass is 16.6. The van der Waals surface area contributed by atoms with Gasteiger partial charge in [0.25, 0.3) is 0 Å². The van der Waals surface area contributed by atoms with Crippen molar-refractivity contribution in [3.8, 4) is 11.1 Å². The van der Waals surface area contributed by atoms with Crippen molar-refractivity contribution >= 4 is 18.0 Å². The lowest BCUT2D eigenvalue weighted by molar-refractivity contribution is -0.127. The van der Waals surface area contributed by atoms with Crippen LogP contribution in [0, 0.1) is 0 Å². The summed E-state index contributed by atoms with van der Waals surface area (Å²) in [5.74, 6) is 0.0856. The minimum atomic E-state index is -0.605. The largest absolute Gasteiger partial charge is 0.448 e. The van der Waals surface area contributed by atoms with Gasteiger partial charge < -0.3 is 14.4 Å². The Bertz CT molecular complexity index is 1070. The summed E-state index contributed by atoms with van der Waals surface area (Å²) in [4.78, 5) is 41.4. The molecule has 1 aliphatic carbocycles. The molecular formula is C27H30N2O5. The number of rotatable bonds is 2. The summed E-state index contributed by atoms with van der Waals surface area (Å²) in [5.41, 5.74) is 4.05. The summed E-state index contributed by atoms with van der Waals surface area (Å²) in [7, 11) is 0. The summed E-state index contributed by atoms with van der Waals surface area (Å²) >= 11 is 0. The molecule has 178 valence electrons. The Morgan fingerprint density at radius 2 is 1.41 bits per heavy atom. The molecule has 7 heteroatoms. The molecule has 0 spiro atoms. The van der Waals surface area contributed by atoms with Crippen LogP contribution in [0.25, 0.3) is 11.1 Å². The minimum absolute atomic E-state index is 0.0270. The van der Waals surface area contributed by atoms with E-state index in [-0.39, 0.29) is 44.2 Å². The van der Waals surface area contributed by atoms with Gasteiger partial charge in [0.2, 0.25) is 0 Å². The van der Waals surface area contributed by atoms with E-state index < -0.39 is 29.9 Å². The summed E-state index contributed by atoms with van der Waals surface area (Å²) in [6, 6.07) is 15.6. The van der Waals surface area contributed by atoms with Gasteiger partial charge in [-0.1, -0.05) is 48.5 Å². The van der Waals surface area contributed by atoms with E-state index in [1.807, 2.05) is 45.0 Å². The monoisotopic (exact) mass is 462 g/mol. The van der Waals surface area contributed by atoms with Gasteiger partial charge in [-0.15, -0.1) is 0 Å². The molecule has 2 saturated heterocycles. The quantitative estimate of drug-likeness (QED) is 0.653. The van der Waals surface area contributed by atoms with Crippen molar-refractivity contribution in [1.29, 1.82) is 0 Å². The van der Waals surface area contributed by atoms with E-state index in [9.17, 15) is 14.4 Å². The van der Waals surface area contributed by atoms with E-state index in [0.29, 0.717) is 0 Å². The van der Waals surface area contributed by atoms with E-state index >= 15 is 0 Å². The maximum atomic E-state index is 13.3. The van der Waals surface area contributed by atoms with Crippen LogP contribution in [0.2, 0.25) is 0 Å². The van der Waals surface area contributed by atoms with Gasteiger partial charge in [0, 0.05) is 31.8 Å². The predicted octanol–water partition coefficient (Wildman–Crippen LogP) is 4.59. The maximum absolute atomic E-state index is 13.3. The first-order valence-electron chi connectivity index (χ1n) is 11.8. The molecule has 0 aromatic heterocycles. The Kier molecular flexibility index (Phi) is 5.58. The summed E-state index contributed by atoms with van der Waals surface area (Å²) < 4.78 is 11.4. The van der Waals surface area contributed by atoms with E-state index in [4.69, 9.17) is 9.47 Å². The highest BCUT2D eigenvalue weighted by molar-refractivity contribution is 5.84. The number of fused-ring (bicyclic) bond motifs is 5. The van der Waals surface area contributed by atoms with Gasteiger partial charge in [0.1, 0.15) is 18.0 Å². The Balaban J connectivity index is 1.30. The van der Waals surface area contributed by atoms with Crippen molar-refractivity contribution < 1.29 is 23.9 Å². The van der Waals surface area contributed by atoms with Crippen LogP contribution < -0.4 is 0 Å². The van der Waals surface area contributed by atoms with Crippen molar-refractivity contribution in [3.05, 3.63) is 59.7 Å². The molecule has 2 fully saturated rings. The van der Waals surface area contributed by atoms with E-state index in [1.165, 1.54) is 11.1 Å². The van der Waals surface area contributed by atoms with Gasteiger partial charge in [-0.05, 0) is 43.0 Å². The molecule has 2 aliphatic heterocycles. The summed E-state index contributed by atoms with van der Waals surface area (Å²) in [6.45, 7) is 6.22. The number of piperidine rings is 1. The van der Waals surface area contributed by atoms with Gasteiger partial charge in [0.15, 0.2) is 0 Å². The highest BCUT2D eigenvalue weighted by Gasteiger charge is 2.46. The molecule has 5 rings (SSSR count). The molecule has 2 atom stereocenters. The van der Waals surface area contributed by atoms with Gasteiger partial charge in [-0.3, -0.25) is 9.69 Å². The number of Topliss-reactive ketones (excluding diaryl/α,β-unsaturated/α-hetero) is 1. The molecule has 2 aromatic rings. The van der Waals surface area contributed by atoms with Crippen LogP contribution >= 0.6 is 0 Å². The van der Waals surface area contributed by atoms with E-state index in [2.05, 4.69) is 24.3 Å². The average molecular weight is 463 g/mol. The highest BCUT2D eigenvalue weighted by Crippen LogP contribution is 2.44. The van der Waals surface area contributed by atoms with Gasteiger partial charge in [0.05, 0.1) is 12.1 Å². The topological polar surface area (TPSA) is 76.2 Å². The molecule has 34 heavy (non-hydrogen) atoms. The molecule has 2 amide bonds. The summed E-state index contributed by atoms with van der Waals surface area (Å²) in [5, 5.41) is 0. The molecule has 2 heterocycles. The second-order valence-corrected chi connectivity index (χ2v) is 10.4. The fourth-order valence-electron chi connectivity index (χ4n) is 5.43. The first-order valence-corrected chi connectivity index (χ1v) is 11.8. The van der Waals surface area contributed by atoms with Crippen LogP contribution in [-0.4, -0.2) is 65.2 Å². The number of amides is 2. The number of hydrogen-bond acceptors (Lipinski definition) is 5. The number of carbonyl (C=O) groups is 3. The fraction of sp³-hybridized carbons (Fsp3) is 0.444. The second-order valence-electron chi connectivity index (χ2n) is 10.4. The molecule has 2 aromatic carbocycles. The molecule has 3 aliphatic rings. The second kappa shape index (κ2) is 8.46. The molecule has 0 N–H and O–H groups in total. The molecule has 0 saturated carbocycles. The zero-order chi connectivity index (χ0) is 24.0. The number of benzene rings is 2. The van der Waals surface area contributed by atoms with Crippen LogP contribution in [0.1, 0.15) is 50.7 Å². The number of nitrogens with zero attached hydrogens (tertiary/aromatic N) is 2. The first-order chi connectivity index (χ1) is 16.2. The van der Waals surface area contributed by atoms with Crippen LogP contribution in [0.15, 0.2) is 48.5 Å². The fourth-order valence-corrected chi connectivity index (χ4v) is 5.43. The third kappa shape index (κ3) is 4.15. The van der Waals surface area contributed by atoms with Crippen molar-refractivity contribution in [3.63, 3.8) is 0 Å². The van der Waals surface area contributed by atoms with Crippen molar-refractivity contribution in [2.45, 2.75) is 57.2 Å². The normalized spacial score (nSPS) is 21.7. The Hall–Kier alpha value is -3.35. The van der Waals surface area contributed by atoms with Crippen LogP contribution in [-0.2, 0) is 14.3 Å². The number of likely N-dealkylation sites (tertiary alicyclic amines) is 1. The van der Waals surface area contributed by atoms with Crippen molar-refractivity contribution in [1.82, 2.24) is 9.80 Å². The number of carbonyl (C=O) groups excluding carboxylic acids is 3. The zero-order valence-corrected chi connectivity index (χ0v) is 19.8. The number of ether oxygens (including phenoxy) is 2. The standard InChI is InChI=1S/C27H30N2O5/c1-27(2,3)34-25(31)28-14-17-12-19(30)13-18(15-28)29(17)26(32)33-16-24-22-10-6-4-8-20(22)21-9-5-7-11-23(21)24/h4-11,17-18,24H,12-16H2,1-3H3. The lowest BCUT2D eigenvalue weighted by atomic mass is 9.91. The van der Waals surface area contributed by atoms with Gasteiger partial charge >= 0.3 is 12.2 Å². The Labute approximate surface area is 199 Å². The maximum Gasteiger partial charge on any atom is 0.410 e. The Morgan fingerprint density at radius 3 is 1.94 bits per heavy atom. The van der Waals surface area contributed by atoms with Crippen molar-refractivity contribution in [2.75, 3.05) is 19.7 Å². The van der Waals surface area contributed by atoms with E-state index in [1.54, 1.807) is 9.80 Å². The zero-order valence-electron chi connectivity index (χ0n) is 19.8. The number of hydrogen-bond donors (Lipinski definition) is 0. The predicted molar refractivity (Wildman–Crippen MR) is 127 cm³/mol. The molecule has 2 unspecified atom stereocenters. The number of ketones is 1. The third-order valence-corrected chi connectivity index (χ3v) is 6.77. The van der Waals surface area contributed by atoms with Crippen LogP contribution in [0.4, 0.5) is 9.59 Å². The number of piperazine rings is 1. The Morgan fingerprint density at radius 1 is 0.882 bits per heavy atom. The molecular weight excluding hydrogens is 432 g/mol.